The predicted octanol–water partition coefficient (Wildman–Crippen LogP) is 1.49. The van der Waals surface area contributed by atoms with Crippen LogP contribution < -0.4 is 0 Å². The molecule has 1 nitrogen and oxygen atoms in total. The van der Waals surface area contributed by atoms with E-state index in [-0.39, 0.29) is 6.61 Å². The maximum absolute atomic E-state index is 11.2. The summed E-state index contributed by atoms with van der Waals surface area (Å²) < 4.78 is 33.7. The summed E-state index contributed by atoms with van der Waals surface area (Å²) in [6, 6.07) is 0. The van der Waals surface area contributed by atoms with Gasteiger partial charge < -0.3 is 5.11 Å². The minimum absolute atomic E-state index is 0.337. The van der Waals surface area contributed by atoms with E-state index in [1.54, 1.807) is 0 Å². The first-order valence-electron chi connectivity index (χ1n) is 2.39. The van der Waals surface area contributed by atoms with Crippen LogP contribution in [0.2, 0.25) is 0 Å². The van der Waals surface area contributed by atoms with Gasteiger partial charge in [-0.25, -0.2) is 0 Å². The molecule has 0 aromatic carbocycles. The van der Waals surface area contributed by atoms with Crippen LogP contribution in [0.1, 0.15) is 6.42 Å². The molecule has 0 saturated heterocycles. The third kappa shape index (κ3) is 7.49. The lowest BCUT2D eigenvalue weighted by Gasteiger charge is -1.98. The van der Waals surface area contributed by atoms with Gasteiger partial charge in [0.25, 0.3) is 0 Å². The molecule has 0 radical (unpaired) electrons. The molecule has 9 heavy (non-hydrogen) atoms. The first-order chi connectivity index (χ1) is 4.06. The van der Waals surface area contributed by atoms with Crippen molar-refractivity contribution in [3.63, 3.8) is 0 Å². The maximum Gasteiger partial charge on any atom is 0.392 e. The summed E-state index contributed by atoms with van der Waals surface area (Å²) in [5.74, 6) is 0. The lowest BCUT2D eigenvalue weighted by atomic mass is 10.4. The molecule has 0 saturated carbocycles. The second-order valence-corrected chi connectivity index (χ2v) is 1.47. The van der Waals surface area contributed by atoms with Gasteiger partial charge in [0.2, 0.25) is 0 Å². The van der Waals surface area contributed by atoms with E-state index in [4.69, 9.17) is 5.11 Å². The molecule has 0 amide bonds. The topological polar surface area (TPSA) is 20.2 Å². The molecular formula is C5H7F3O. The van der Waals surface area contributed by atoms with Gasteiger partial charge in [0.05, 0.1) is 13.0 Å². The zero-order chi connectivity index (χ0) is 7.33. The summed E-state index contributed by atoms with van der Waals surface area (Å²) in [7, 11) is 0. The van der Waals surface area contributed by atoms with Gasteiger partial charge in [-0.2, -0.15) is 13.2 Å². The van der Waals surface area contributed by atoms with Crippen LogP contribution in [0.15, 0.2) is 12.2 Å². The molecule has 0 aliphatic heterocycles. The Balaban J connectivity index is 3.38. The molecule has 0 heterocycles. The second kappa shape index (κ2) is 3.50. The zero-order valence-corrected chi connectivity index (χ0v) is 4.65. The lowest BCUT2D eigenvalue weighted by molar-refractivity contribution is -0.125. The molecule has 0 aliphatic rings. The molecule has 0 bridgehead atoms. The Morgan fingerprint density at radius 1 is 1.22 bits per heavy atom. The molecule has 0 spiro atoms. The van der Waals surface area contributed by atoms with Crippen LogP contribution in [-0.4, -0.2) is 17.9 Å². The first-order valence-corrected chi connectivity index (χ1v) is 2.39. The Hall–Kier alpha value is -0.510. The van der Waals surface area contributed by atoms with Crippen molar-refractivity contribution in [2.45, 2.75) is 12.6 Å². The Morgan fingerprint density at radius 3 is 2.11 bits per heavy atom. The zero-order valence-electron chi connectivity index (χ0n) is 4.65. The third-order valence-electron chi connectivity index (χ3n) is 0.621. The number of hydrogen-bond acceptors (Lipinski definition) is 1. The van der Waals surface area contributed by atoms with E-state index in [9.17, 15) is 13.2 Å². The van der Waals surface area contributed by atoms with Crippen molar-refractivity contribution >= 4 is 0 Å². The number of halogens is 3. The highest BCUT2D eigenvalue weighted by atomic mass is 19.4. The number of aliphatic hydroxyl groups is 1. The quantitative estimate of drug-likeness (QED) is 0.576. The summed E-state index contributed by atoms with van der Waals surface area (Å²) >= 11 is 0. The molecule has 0 unspecified atom stereocenters. The first kappa shape index (κ1) is 8.49. The van der Waals surface area contributed by atoms with Crippen molar-refractivity contribution < 1.29 is 18.3 Å². The number of rotatable bonds is 2. The molecule has 1 N–H and O–H groups in total. The van der Waals surface area contributed by atoms with Crippen LogP contribution in [-0.2, 0) is 0 Å². The third-order valence-corrected chi connectivity index (χ3v) is 0.621. The van der Waals surface area contributed by atoms with Gasteiger partial charge in [-0.15, -0.1) is 0 Å². The van der Waals surface area contributed by atoms with E-state index < -0.39 is 12.6 Å². The normalized spacial score (nSPS) is 12.9. The van der Waals surface area contributed by atoms with Crippen molar-refractivity contribution in [2.24, 2.45) is 0 Å². The number of allylic oxidation sites excluding steroid dienone is 1. The molecule has 54 valence electrons. The van der Waals surface area contributed by atoms with E-state index in [2.05, 4.69) is 0 Å². The molecule has 0 aromatic rings. The number of hydrogen-bond donors (Lipinski definition) is 1. The van der Waals surface area contributed by atoms with E-state index in [1.165, 1.54) is 0 Å². The average molecular weight is 140 g/mol. The maximum atomic E-state index is 11.2. The highest BCUT2D eigenvalue weighted by Crippen LogP contribution is 2.19. The van der Waals surface area contributed by atoms with E-state index in [0.29, 0.717) is 0 Å². The minimum atomic E-state index is -4.15. The van der Waals surface area contributed by atoms with Gasteiger partial charge in [-0.05, 0) is 0 Å². The molecular weight excluding hydrogens is 133 g/mol. The standard InChI is InChI=1S/C5H7F3O/c6-5(7,8)3-1-2-4-9/h1-2,9H,3-4H2. The second-order valence-electron chi connectivity index (χ2n) is 1.47. The van der Waals surface area contributed by atoms with Crippen LogP contribution >= 0.6 is 0 Å². The van der Waals surface area contributed by atoms with Gasteiger partial charge in [0.1, 0.15) is 0 Å². The van der Waals surface area contributed by atoms with Crippen molar-refractivity contribution in [3.05, 3.63) is 12.2 Å². The van der Waals surface area contributed by atoms with E-state index in [0.717, 1.165) is 12.2 Å². The van der Waals surface area contributed by atoms with Gasteiger partial charge in [-0.3, -0.25) is 0 Å². The van der Waals surface area contributed by atoms with Crippen LogP contribution in [0.5, 0.6) is 0 Å². The van der Waals surface area contributed by atoms with E-state index >= 15 is 0 Å². The summed E-state index contributed by atoms with van der Waals surface area (Å²) in [6.07, 6.45) is -3.16. The van der Waals surface area contributed by atoms with Crippen molar-refractivity contribution in [3.8, 4) is 0 Å². The molecule has 0 atom stereocenters. The fraction of sp³-hybridized carbons (Fsp3) is 0.600. The van der Waals surface area contributed by atoms with Crippen LogP contribution in [0.4, 0.5) is 13.2 Å². The lowest BCUT2D eigenvalue weighted by Crippen LogP contribution is -2.04. The minimum Gasteiger partial charge on any atom is -0.392 e. The predicted molar refractivity (Wildman–Crippen MR) is 26.9 cm³/mol. The Bertz CT molecular complexity index is 94.9. The summed E-state index contributed by atoms with van der Waals surface area (Å²) in [5, 5.41) is 8.01. The fourth-order valence-electron chi connectivity index (χ4n) is 0.291. The van der Waals surface area contributed by atoms with Crippen LogP contribution in [0.25, 0.3) is 0 Å². The van der Waals surface area contributed by atoms with Gasteiger partial charge in [0, 0.05) is 0 Å². The highest BCUT2D eigenvalue weighted by molar-refractivity contribution is 4.82. The molecule has 0 aromatic heterocycles. The summed E-state index contributed by atoms with van der Waals surface area (Å²) in [4.78, 5) is 0. The average Bonchev–Trinajstić information content (AvgIpc) is 1.63. The SMILES string of the molecule is OCC=CCC(F)(F)F. The smallest absolute Gasteiger partial charge is 0.392 e. The molecule has 0 aliphatic carbocycles. The Morgan fingerprint density at radius 2 is 1.78 bits per heavy atom. The number of alkyl halides is 3. The summed E-state index contributed by atoms with van der Waals surface area (Å²) in [5.41, 5.74) is 0. The Labute approximate surface area is 50.8 Å². The van der Waals surface area contributed by atoms with Crippen LogP contribution in [0.3, 0.4) is 0 Å². The monoisotopic (exact) mass is 140 g/mol. The van der Waals surface area contributed by atoms with Gasteiger partial charge >= 0.3 is 6.18 Å². The fourth-order valence-corrected chi connectivity index (χ4v) is 0.291. The molecule has 0 rings (SSSR count). The van der Waals surface area contributed by atoms with E-state index in [1.807, 2.05) is 0 Å². The van der Waals surface area contributed by atoms with Gasteiger partial charge in [0.15, 0.2) is 0 Å². The largest absolute Gasteiger partial charge is 0.392 e. The summed E-state index contributed by atoms with van der Waals surface area (Å²) in [6.45, 7) is -0.337. The van der Waals surface area contributed by atoms with Crippen LogP contribution in [0, 0.1) is 0 Å². The van der Waals surface area contributed by atoms with Crippen molar-refractivity contribution in [1.82, 2.24) is 0 Å². The highest BCUT2D eigenvalue weighted by Gasteiger charge is 2.24. The molecule has 0 fully saturated rings. The van der Waals surface area contributed by atoms with Crippen molar-refractivity contribution in [2.75, 3.05) is 6.61 Å². The number of aliphatic hydroxyl groups excluding tert-OH is 1. The Kier molecular flexibility index (Phi) is 3.30. The van der Waals surface area contributed by atoms with Crippen molar-refractivity contribution in [1.29, 1.82) is 0 Å². The molecule has 4 heteroatoms. The van der Waals surface area contributed by atoms with Gasteiger partial charge in [-0.1, -0.05) is 12.2 Å².